The minimum absolute atomic E-state index is 0.125. The first-order chi connectivity index (χ1) is 14.0. The summed E-state index contributed by atoms with van der Waals surface area (Å²) in [6.07, 6.45) is 0.913. The normalized spacial score (nSPS) is 22.7. The van der Waals surface area contributed by atoms with E-state index < -0.39 is 13.6 Å². The molecule has 0 radical (unpaired) electrons. The van der Waals surface area contributed by atoms with Crippen molar-refractivity contribution in [1.29, 1.82) is 0 Å². The van der Waals surface area contributed by atoms with Gasteiger partial charge in [0.25, 0.3) is 0 Å². The number of hydrogen-bond donors (Lipinski definition) is 1. The number of methoxy groups -OCH3 is 1. The van der Waals surface area contributed by atoms with Crippen molar-refractivity contribution in [2.45, 2.75) is 90.0 Å². The molecule has 0 spiro atoms. The van der Waals surface area contributed by atoms with Crippen LogP contribution in [0.1, 0.15) is 61.0 Å². The third-order valence-electron chi connectivity index (χ3n) is 8.03. The molecule has 3 nitrogen and oxygen atoms in total. The smallest absolute Gasteiger partial charge is 0.217 e. The lowest BCUT2D eigenvalue weighted by Crippen LogP contribution is -2.53. The minimum Gasteiger partial charge on any atom is -0.493 e. The molecule has 2 atom stereocenters. The maximum absolute atomic E-state index is 13.5. The zero-order valence-electron chi connectivity index (χ0n) is 20.6. The van der Waals surface area contributed by atoms with Crippen molar-refractivity contribution in [3.05, 3.63) is 47.2 Å². The lowest BCUT2D eigenvalue weighted by atomic mass is 9.86. The van der Waals surface area contributed by atoms with Crippen LogP contribution in [0.2, 0.25) is 22.7 Å². The molecule has 1 aliphatic rings. The summed E-state index contributed by atoms with van der Waals surface area (Å²) in [7, 11) is -0.0207. The summed E-state index contributed by atoms with van der Waals surface area (Å²) in [5.41, 5.74) is 3.91. The second kappa shape index (κ2) is 9.82. The SMILES string of the molecule is COC1=C(C[Si](C(C)C)(C(C)C)C(C)C)[C@@H](C)[C@](C)(NCCc2ccccc2)C1=O. The van der Waals surface area contributed by atoms with E-state index in [1.54, 1.807) is 7.11 Å². The third-order valence-corrected chi connectivity index (χ3v) is 15.5. The highest BCUT2D eigenvalue weighted by Crippen LogP contribution is 2.50. The highest BCUT2D eigenvalue weighted by atomic mass is 28.3. The van der Waals surface area contributed by atoms with Crippen LogP contribution in [0.15, 0.2) is 41.7 Å². The maximum Gasteiger partial charge on any atom is 0.217 e. The zero-order valence-corrected chi connectivity index (χ0v) is 21.6. The van der Waals surface area contributed by atoms with Crippen molar-refractivity contribution >= 4 is 13.9 Å². The molecule has 1 aromatic rings. The molecule has 0 aromatic heterocycles. The van der Waals surface area contributed by atoms with Gasteiger partial charge in [-0.05, 0) is 30.5 Å². The van der Waals surface area contributed by atoms with Gasteiger partial charge in [-0.3, -0.25) is 4.79 Å². The molecule has 1 N–H and O–H groups in total. The summed E-state index contributed by atoms with van der Waals surface area (Å²) in [5, 5.41) is 3.62. The lowest BCUT2D eigenvalue weighted by Gasteiger charge is -2.44. The van der Waals surface area contributed by atoms with Gasteiger partial charge in [0, 0.05) is 12.5 Å². The van der Waals surface area contributed by atoms with Gasteiger partial charge in [-0.25, -0.2) is 0 Å². The maximum atomic E-state index is 13.5. The van der Waals surface area contributed by atoms with Crippen LogP contribution in [0.5, 0.6) is 0 Å². The van der Waals surface area contributed by atoms with Crippen molar-refractivity contribution in [3.8, 4) is 0 Å². The van der Waals surface area contributed by atoms with Crippen LogP contribution < -0.4 is 5.32 Å². The average Bonchev–Trinajstić information content (AvgIpc) is 2.86. The molecule has 0 bridgehead atoms. The topological polar surface area (TPSA) is 38.3 Å². The molecular formula is C26H43NO2Si. The molecule has 1 aliphatic carbocycles. The van der Waals surface area contributed by atoms with Crippen LogP contribution in [0.3, 0.4) is 0 Å². The van der Waals surface area contributed by atoms with Crippen molar-refractivity contribution < 1.29 is 9.53 Å². The first-order valence-corrected chi connectivity index (χ1v) is 14.1. The largest absolute Gasteiger partial charge is 0.493 e. The van der Waals surface area contributed by atoms with E-state index in [0.717, 1.165) is 19.0 Å². The van der Waals surface area contributed by atoms with Gasteiger partial charge in [0.15, 0.2) is 5.76 Å². The van der Waals surface area contributed by atoms with Gasteiger partial charge in [0.1, 0.15) is 0 Å². The van der Waals surface area contributed by atoms with Gasteiger partial charge in [0.05, 0.1) is 20.7 Å². The van der Waals surface area contributed by atoms with Crippen molar-refractivity contribution in [1.82, 2.24) is 5.32 Å². The van der Waals surface area contributed by atoms with Gasteiger partial charge in [-0.15, -0.1) is 0 Å². The summed E-state index contributed by atoms with van der Waals surface area (Å²) in [6.45, 7) is 19.4. The molecular weight excluding hydrogens is 386 g/mol. The standard InChI is InChI=1S/C26H43NO2Si/c1-18(2)30(19(3)4,20(5)6)17-23-21(7)26(8,25(28)24(23)29-9)27-16-15-22-13-11-10-12-14-22/h10-14,18-21,27H,15-17H2,1-9H3/t21-,26+/m1/s1. The molecule has 0 saturated heterocycles. The van der Waals surface area contributed by atoms with Gasteiger partial charge in [-0.2, -0.15) is 0 Å². The zero-order chi connectivity index (χ0) is 22.7. The van der Waals surface area contributed by atoms with E-state index in [0.29, 0.717) is 22.4 Å². The Balaban J connectivity index is 2.29. The monoisotopic (exact) mass is 429 g/mol. The highest BCUT2D eigenvalue weighted by Gasteiger charge is 2.53. The molecule has 30 heavy (non-hydrogen) atoms. The number of carbonyl (C=O) groups is 1. The van der Waals surface area contributed by atoms with Crippen molar-refractivity contribution in [3.63, 3.8) is 0 Å². The second-order valence-corrected chi connectivity index (χ2v) is 16.3. The Hall–Kier alpha value is -1.39. The Labute approximate surface area is 185 Å². The van der Waals surface area contributed by atoms with E-state index in [9.17, 15) is 4.79 Å². The molecule has 4 heteroatoms. The van der Waals surface area contributed by atoms with E-state index in [1.165, 1.54) is 11.1 Å². The lowest BCUT2D eigenvalue weighted by molar-refractivity contribution is -0.123. The molecule has 0 heterocycles. The first kappa shape index (κ1) is 24.9. The number of nitrogens with one attached hydrogen (secondary N) is 1. The number of carbonyl (C=O) groups excluding carboxylic acids is 1. The number of hydrogen-bond acceptors (Lipinski definition) is 3. The van der Waals surface area contributed by atoms with Crippen LogP contribution in [0.4, 0.5) is 0 Å². The predicted molar refractivity (Wildman–Crippen MR) is 131 cm³/mol. The Morgan fingerprint density at radius 1 is 1.03 bits per heavy atom. The molecule has 0 unspecified atom stereocenters. The van der Waals surface area contributed by atoms with Crippen LogP contribution in [0, 0.1) is 5.92 Å². The Morgan fingerprint density at radius 2 is 1.57 bits per heavy atom. The van der Waals surface area contributed by atoms with E-state index in [2.05, 4.69) is 85.0 Å². The fourth-order valence-electron chi connectivity index (χ4n) is 5.87. The Bertz CT molecular complexity index is 732. The summed E-state index contributed by atoms with van der Waals surface area (Å²) in [4.78, 5) is 13.5. The molecule has 0 aliphatic heterocycles. The number of rotatable bonds is 10. The number of ether oxygens (including phenoxy) is 1. The van der Waals surface area contributed by atoms with Crippen molar-refractivity contribution in [2.24, 2.45) is 5.92 Å². The molecule has 1 aromatic carbocycles. The molecule has 2 rings (SSSR count). The molecule has 0 amide bonds. The average molecular weight is 430 g/mol. The first-order valence-electron chi connectivity index (χ1n) is 11.6. The van der Waals surface area contributed by atoms with E-state index in [4.69, 9.17) is 4.74 Å². The van der Waals surface area contributed by atoms with E-state index >= 15 is 0 Å². The number of Topliss-reactive ketones (excluding diaryl/α,β-unsaturated/α-hetero) is 1. The Kier molecular flexibility index (Phi) is 8.14. The van der Waals surface area contributed by atoms with Crippen LogP contribution >= 0.6 is 0 Å². The van der Waals surface area contributed by atoms with Crippen LogP contribution in [-0.4, -0.2) is 33.1 Å². The number of benzene rings is 1. The van der Waals surface area contributed by atoms with Crippen LogP contribution in [-0.2, 0) is 16.0 Å². The number of ketones is 1. The van der Waals surface area contributed by atoms with E-state index in [1.807, 2.05) is 6.07 Å². The van der Waals surface area contributed by atoms with Gasteiger partial charge in [0.2, 0.25) is 5.78 Å². The summed E-state index contributed by atoms with van der Waals surface area (Å²) < 4.78 is 5.76. The van der Waals surface area contributed by atoms with Gasteiger partial charge in [-0.1, -0.05) is 95.4 Å². The quantitative estimate of drug-likeness (QED) is 0.439. The summed E-state index contributed by atoms with van der Waals surface area (Å²) in [6, 6.07) is 11.5. The second-order valence-electron chi connectivity index (χ2n) is 10.2. The third kappa shape index (κ3) is 4.45. The van der Waals surface area contributed by atoms with E-state index in [-0.39, 0.29) is 11.7 Å². The Morgan fingerprint density at radius 3 is 2.03 bits per heavy atom. The molecule has 0 fully saturated rings. The fraction of sp³-hybridized carbons (Fsp3) is 0.654. The molecule has 168 valence electrons. The van der Waals surface area contributed by atoms with Gasteiger partial charge < -0.3 is 10.1 Å². The molecule has 0 saturated carbocycles. The van der Waals surface area contributed by atoms with Gasteiger partial charge >= 0.3 is 0 Å². The minimum atomic E-state index is -1.69. The predicted octanol–water partition coefficient (Wildman–Crippen LogP) is 6.38. The summed E-state index contributed by atoms with van der Waals surface area (Å²) >= 11 is 0. The fourth-order valence-corrected chi connectivity index (χ4v) is 12.2. The van der Waals surface area contributed by atoms with Crippen molar-refractivity contribution in [2.75, 3.05) is 13.7 Å². The van der Waals surface area contributed by atoms with Crippen LogP contribution in [0.25, 0.3) is 0 Å². The summed E-state index contributed by atoms with van der Waals surface area (Å²) in [5.74, 6) is 0.884. The highest BCUT2D eigenvalue weighted by molar-refractivity contribution is 6.84.